The SMILES string of the molecule is CNC1(C(N)=O)CCN(c2cccc(F)c2NC(=O)c2csc(-c3cnn(C)c3)n2)CC1. The molecule has 0 saturated carbocycles. The number of nitrogens with zero attached hydrogens (tertiary/aromatic N) is 4. The average Bonchev–Trinajstić information content (AvgIpc) is 3.44. The van der Waals surface area contributed by atoms with E-state index < -0.39 is 23.2 Å². The number of nitrogens with one attached hydrogen (secondary N) is 2. The molecule has 9 nitrogen and oxygen atoms in total. The van der Waals surface area contributed by atoms with E-state index in [9.17, 15) is 14.0 Å². The standard InChI is InChI=1S/C21H24FN7O2S/c1-24-21(20(23)31)6-8-29(9-7-21)16-5-3-4-14(22)17(16)27-18(30)15-12-32-19(26-15)13-10-25-28(2)11-13/h3-5,10-12,24H,6-9H2,1-2H3,(H2,23,31)(H,27,30). The second-order valence-corrected chi connectivity index (χ2v) is 8.57. The molecule has 2 amide bonds. The van der Waals surface area contributed by atoms with Crippen LogP contribution < -0.4 is 21.3 Å². The third kappa shape index (κ3) is 4.08. The summed E-state index contributed by atoms with van der Waals surface area (Å²) in [6.45, 7) is 0.968. The highest BCUT2D eigenvalue weighted by Gasteiger charge is 2.39. The Bertz CT molecular complexity index is 1150. The second kappa shape index (κ2) is 8.67. The van der Waals surface area contributed by atoms with Crippen molar-refractivity contribution in [3.8, 4) is 10.6 Å². The van der Waals surface area contributed by atoms with Crippen LogP contribution in [0.5, 0.6) is 0 Å². The fourth-order valence-corrected chi connectivity index (χ4v) is 4.64. The van der Waals surface area contributed by atoms with Gasteiger partial charge in [0, 0.05) is 37.3 Å². The Kier molecular flexibility index (Phi) is 5.94. The predicted molar refractivity (Wildman–Crippen MR) is 121 cm³/mol. The lowest BCUT2D eigenvalue weighted by atomic mass is 9.86. The number of halogens is 1. The fraction of sp³-hybridized carbons (Fsp3) is 0.333. The molecule has 0 spiro atoms. The molecule has 11 heteroatoms. The van der Waals surface area contributed by atoms with Crippen LogP contribution in [0.4, 0.5) is 15.8 Å². The highest BCUT2D eigenvalue weighted by atomic mass is 32.1. The van der Waals surface area contributed by atoms with Crippen molar-refractivity contribution in [3.05, 3.63) is 47.5 Å². The molecule has 1 aliphatic heterocycles. The summed E-state index contributed by atoms with van der Waals surface area (Å²) in [6.07, 6.45) is 4.43. The minimum atomic E-state index is -0.781. The molecule has 1 aromatic carbocycles. The van der Waals surface area contributed by atoms with Crippen molar-refractivity contribution in [2.24, 2.45) is 12.8 Å². The normalized spacial score (nSPS) is 15.5. The van der Waals surface area contributed by atoms with Gasteiger partial charge in [-0.05, 0) is 32.0 Å². The minimum absolute atomic E-state index is 0.0875. The van der Waals surface area contributed by atoms with E-state index in [0.29, 0.717) is 36.6 Å². The molecule has 1 fully saturated rings. The van der Waals surface area contributed by atoms with E-state index in [4.69, 9.17) is 5.73 Å². The molecule has 168 valence electrons. The van der Waals surface area contributed by atoms with E-state index in [1.807, 2.05) is 11.1 Å². The summed E-state index contributed by atoms with van der Waals surface area (Å²) in [7, 11) is 3.51. The molecule has 2 aromatic heterocycles. The summed E-state index contributed by atoms with van der Waals surface area (Å²) in [5, 5.41) is 12.1. The van der Waals surface area contributed by atoms with Crippen molar-refractivity contribution < 1.29 is 14.0 Å². The van der Waals surface area contributed by atoms with Crippen LogP contribution in [-0.2, 0) is 11.8 Å². The zero-order chi connectivity index (χ0) is 22.9. The number of likely N-dealkylation sites (N-methyl/N-ethyl adjacent to an activating group) is 1. The number of primary amides is 1. The van der Waals surface area contributed by atoms with Gasteiger partial charge in [-0.1, -0.05) is 6.07 Å². The summed E-state index contributed by atoms with van der Waals surface area (Å²) in [5.74, 6) is -1.44. The van der Waals surface area contributed by atoms with Crippen LogP contribution in [-0.4, -0.2) is 52.3 Å². The number of carbonyl (C=O) groups is 2. The minimum Gasteiger partial charge on any atom is -0.370 e. The predicted octanol–water partition coefficient (Wildman–Crippen LogP) is 1.98. The Morgan fingerprint density at radius 1 is 1.28 bits per heavy atom. The second-order valence-electron chi connectivity index (χ2n) is 7.71. The Morgan fingerprint density at radius 2 is 2.03 bits per heavy atom. The van der Waals surface area contributed by atoms with Gasteiger partial charge < -0.3 is 21.3 Å². The number of hydrogen-bond acceptors (Lipinski definition) is 7. The van der Waals surface area contributed by atoms with Gasteiger partial charge in [-0.2, -0.15) is 5.10 Å². The molecule has 3 aromatic rings. The first kappa shape index (κ1) is 21.9. The third-order valence-corrected chi connectivity index (χ3v) is 6.72. The molecular formula is C21H24FN7O2S. The smallest absolute Gasteiger partial charge is 0.275 e. The van der Waals surface area contributed by atoms with Crippen molar-refractivity contribution >= 4 is 34.5 Å². The number of nitrogens with two attached hydrogens (primary N) is 1. The van der Waals surface area contributed by atoms with E-state index in [-0.39, 0.29) is 11.4 Å². The molecule has 0 atom stereocenters. The average molecular weight is 458 g/mol. The van der Waals surface area contributed by atoms with Gasteiger partial charge in [-0.25, -0.2) is 9.37 Å². The van der Waals surface area contributed by atoms with Gasteiger partial charge in [0.05, 0.1) is 11.9 Å². The lowest BCUT2D eigenvalue weighted by Gasteiger charge is -2.41. The Balaban J connectivity index is 1.53. The maximum absolute atomic E-state index is 14.7. The van der Waals surface area contributed by atoms with Crippen LogP contribution in [0, 0.1) is 5.82 Å². The number of amides is 2. The molecule has 0 aliphatic carbocycles. The Labute approximate surface area is 188 Å². The topological polar surface area (TPSA) is 118 Å². The number of aryl methyl sites for hydroxylation is 1. The van der Waals surface area contributed by atoms with Crippen molar-refractivity contribution in [3.63, 3.8) is 0 Å². The fourth-order valence-electron chi connectivity index (χ4n) is 3.87. The molecule has 0 unspecified atom stereocenters. The molecule has 1 aliphatic rings. The molecule has 3 heterocycles. The van der Waals surface area contributed by atoms with Crippen molar-refractivity contribution in [1.82, 2.24) is 20.1 Å². The summed E-state index contributed by atoms with van der Waals surface area (Å²) >= 11 is 1.32. The third-order valence-electron chi connectivity index (χ3n) is 5.83. The van der Waals surface area contributed by atoms with E-state index >= 15 is 0 Å². The summed E-state index contributed by atoms with van der Waals surface area (Å²) < 4.78 is 16.4. The molecule has 1 saturated heterocycles. The molecular weight excluding hydrogens is 433 g/mol. The maximum atomic E-state index is 14.7. The van der Waals surface area contributed by atoms with Crippen molar-refractivity contribution in [2.75, 3.05) is 30.4 Å². The van der Waals surface area contributed by atoms with Gasteiger partial charge in [-0.15, -0.1) is 11.3 Å². The van der Waals surface area contributed by atoms with Crippen LogP contribution in [0.15, 0.2) is 36.0 Å². The number of aromatic nitrogens is 3. The maximum Gasteiger partial charge on any atom is 0.275 e. The van der Waals surface area contributed by atoms with Gasteiger partial charge in [-0.3, -0.25) is 14.3 Å². The van der Waals surface area contributed by atoms with Crippen LogP contribution in [0.2, 0.25) is 0 Å². The molecule has 32 heavy (non-hydrogen) atoms. The van der Waals surface area contributed by atoms with Gasteiger partial charge in [0.25, 0.3) is 5.91 Å². The largest absolute Gasteiger partial charge is 0.370 e. The Morgan fingerprint density at radius 3 is 2.66 bits per heavy atom. The number of benzene rings is 1. The lowest BCUT2D eigenvalue weighted by molar-refractivity contribution is -0.125. The number of carbonyl (C=O) groups excluding carboxylic acids is 2. The molecule has 0 bridgehead atoms. The zero-order valence-corrected chi connectivity index (χ0v) is 18.6. The van der Waals surface area contributed by atoms with Crippen molar-refractivity contribution in [2.45, 2.75) is 18.4 Å². The first-order valence-corrected chi connectivity index (χ1v) is 11.0. The van der Waals surface area contributed by atoms with E-state index in [1.165, 1.54) is 17.4 Å². The van der Waals surface area contributed by atoms with E-state index in [1.54, 1.807) is 42.5 Å². The summed E-state index contributed by atoms with van der Waals surface area (Å²) in [6, 6.07) is 4.64. The zero-order valence-electron chi connectivity index (χ0n) is 17.8. The molecule has 4 N–H and O–H groups in total. The quantitative estimate of drug-likeness (QED) is 0.521. The van der Waals surface area contributed by atoms with Crippen LogP contribution in [0.3, 0.4) is 0 Å². The van der Waals surface area contributed by atoms with Gasteiger partial charge in [0.2, 0.25) is 5.91 Å². The number of hydrogen-bond donors (Lipinski definition) is 3. The van der Waals surface area contributed by atoms with Crippen LogP contribution in [0.1, 0.15) is 23.3 Å². The Hall–Kier alpha value is -3.31. The summed E-state index contributed by atoms with van der Waals surface area (Å²) in [5.41, 5.74) is 6.44. The number of para-hydroxylation sites is 1. The lowest BCUT2D eigenvalue weighted by Crippen LogP contribution is -2.59. The van der Waals surface area contributed by atoms with E-state index in [0.717, 1.165) is 5.56 Å². The van der Waals surface area contributed by atoms with Crippen LogP contribution >= 0.6 is 11.3 Å². The van der Waals surface area contributed by atoms with Gasteiger partial charge >= 0.3 is 0 Å². The monoisotopic (exact) mass is 457 g/mol. The van der Waals surface area contributed by atoms with E-state index in [2.05, 4.69) is 20.7 Å². The number of rotatable bonds is 6. The highest BCUT2D eigenvalue weighted by Crippen LogP contribution is 2.33. The first-order chi connectivity index (χ1) is 15.3. The van der Waals surface area contributed by atoms with Gasteiger partial charge in [0.1, 0.15) is 27.7 Å². The van der Waals surface area contributed by atoms with Crippen molar-refractivity contribution in [1.29, 1.82) is 0 Å². The highest BCUT2D eigenvalue weighted by molar-refractivity contribution is 7.13. The number of piperidine rings is 1. The first-order valence-electron chi connectivity index (χ1n) is 10.1. The van der Waals surface area contributed by atoms with Crippen LogP contribution in [0.25, 0.3) is 10.6 Å². The number of anilines is 2. The van der Waals surface area contributed by atoms with Gasteiger partial charge in [0.15, 0.2) is 0 Å². The molecule has 0 radical (unpaired) electrons. The molecule has 4 rings (SSSR count). The summed E-state index contributed by atoms with van der Waals surface area (Å²) in [4.78, 5) is 31.1. The number of thiazole rings is 1.